The van der Waals surface area contributed by atoms with Crippen LogP contribution >= 0.6 is 11.3 Å². The Bertz CT molecular complexity index is 1320. The van der Waals surface area contributed by atoms with Crippen molar-refractivity contribution in [1.29, 1.82) is 0 Å². The lowest BCUT2D eigenvalue weighted by atomic mass is 10.0. The second-order valence-corrected chi connectivity index (χ2v) is 8.82. The van der Waals surface area contributed by atoms with Gasteiger partial charge in [0, 0.05) is 12.1 Å². The first kappa shape index (κ1) is 24.0. The van der Waals surface area contributed by atoms with Gasteiger partial charge in [0.15, 0.2) is 11.5 Å². The third kappa shape index (κ3) is 5.67. The van der Waals surface area contributed by atoms with Crippen molar-refractivity contribution in [3.8, 4) is 33.2 Å². The summed E-state index contributed by atoms with van der Waals surface area (Å²) in [5, 5.41) is 0.653. The second-order valence-electron chi connectivity index (χ2n) is 7.79. The minimum atomic E-state index is -0.580. The number of methoxy groups -OCH3 is 2. The minimum absolute atomic E-state index is 0.192. The Kier molecular flexibility index (Phi) is 7.42. The molecule has 0 saturated carbocycles. The highest BCUT2D eigenvalue weighted by Crippen LogP contribution is 2.34. The predicted octanol–water partition coefficient (Wildman–Crippen LogP) is 4.62. The maximum absolute atomic E-state index is 13.3. The third-order valence-electron chi connectivity index (χ3n) is 5.42. The van der Waals surface area contributed by atoms with Crippen LogP contribution in [0.2, 0.25) is 0 Å². The van der Waals surface area contributed by atoms with E-state index in [0.717, 1.165) is 22.3 Å². The average Bonchev–Trinajstić information content (AvgIpc) is 3.38. The van der Waals surface area contributed by atoms with Gasteiger partial charge in [0.25, 0.3) is 5.91 Å². The van der Waals surface area contributed by atoms with E-state index in [4.69, 9.17) is 15.2 Å². The number of hydrogen-bond acceptors (Lipinski definition) is 6. The fraction of sp³-hybridized carbons (Fsp3) is 0.148. The van der Waals surface area contributed by atoms with Crippen LogP contribution in [0.1, 0.15) is 15.2 Å². The van der Waals surface area contributed by atoms with Crippen LogP contribution in [0.25, 0.3) is 21.7 Å². The van der Waals surface area contributed by atoms with E-state index in [-0.39, 0.29) is 19.0 Å². The number of benzene rings is 3. The second kappa shape index (κ2) is 10.8. The number of aromatic nitrogens is 1. The summed E-state index contributed by atoms with van der Waals surface area (Å²) in [4.78, 5) is 31.3. The normalized spacial score (nSPS) is 10.6. The van der Waals surface area contributed by atoms with Gasteiger partial charge in [-0.15, -0.1) is 11.3 Å². The summed E-state index contributed by atoms with van der Waals surface area (Å²) in [5.41, 5.74) is 9.32. The summed E-state index contributed by atoms with van der Waals surface area (Å²) < 4.78 is 10.6. The molecule has 0 aliphatic heterocycles. The molecular formula is C27H25N3O4S. The molecule has 0 saturated heterocycles. The molecule has 2 N–H and O–H groups in total. The quantitative estimate of drug-likeness (QED) is 0.372. The van der Waals surface area contributed by atoms with Crippen LogP contribution in [0, 0.1) is 0 Å². The summed E-state index contributed by atoms with van der Waals surface area (Å²) in [6.07, 6.45) is 1.52. The molecule has 178 valence electrons. The molecule has 0 bridgehead atoms. The SMILES string of the molecule is COc1ccc(-c2ncc(C(=O)N(CC(N)=O)Cc3ccc(-c4ccccc4)cc3)s2)cc1OC. The lowest BCUT2D eigenvalue weighted by molar-refractivity contribution is -0.118. The Labute approximate surface area is 207 Å². The van der Waals surface area contributed by atoms with Crippen molar-refractivity contribution in [3.63, 3.8) is 0 Å². The summed E-state index contributed by atoms with van der Waals surface area (Å²) >= 11 is 1.24. The number of nitrogens with zero attached hydrogens (tertiary/aromatic N) is 2. The van der Waals surface area contributed by atoms with Gasteiger partial charge in [0.1, 0.15) is 16.4 Å². The molecule has 1 heterocycles. The van der Waals surface area contributed by atoms with Crippen molar-refractivity contribution in [2.45, 2.75) is 6.54 Å². The molecular weight excluding hydrogens is 462 g/mol. The fourth-order valence-corrected chi connectivity index (χ4v) is 4.55. The van der Waals surface area contributed by atoms with Gasteiger partial charge in [0.05, 0.1) is 20.4 Å². The zero-order chi connectivity index (χ0) is 24.8. The zero-order valence-electron chi connectivity index (χ0n) is 19.4. The van der Waals surface area contributed by atoms with Crippen molar-refractivity contribution < 1.29 is 19.1 Å². The molecule has 0 spiro atoms. The third-order valence-corrected chi connectivity index (χ3v) is 6.45. The van der Waals surface area contributed by atoms with E-state index in [1.807, 2.05) is 60.7 Å². The average molecular weight is 488 g/mol. The molecule has 35 heavy (non-hydrogen) atoms. The molecule has 0 radical (unpaired) electrons. The van der Waals surface area contributed by atoms with Crippen molar-refractivity contribution in [2.24, 2.45) is 5.73 Å². The highest BCUT2D eigenvalue weighted by molar-refractivity contribution is 7.16. The van der Waals surface area contributed by atoms with Gasteiger partial charge in [-0.1, -0.05) is 54.6 Å². The van der Waals surface area contributed by atoms with Crippen LogP contribution in [0.5, 0.6) is 11.5 Å². The first-order chi connectivity index (χ1) is 17.0. The molecule has 0 aliphatic rings. The summed E-state index contributed by atoms with van der Waals surface area (Å²) in [7, 11) is 3.13. The molecule has 8 heteroatoms. The van der Waals surface area contributed by atoms with E-state index in [1.54, 1.807) is 26.4 Å². The molecule has 0 atom stereocenters. The Morgan fingerprint density at radius 3 is 2.20 bits per heavy atom. The van der Waals surface area contributed by atoms with E-state index < -0.39 is 5.91 Å². The number of thiazole rings is 1. The van der Waals surface area contributed by atoms with Gasteiger partial charge in [-0.3, -0.25) is 9.59 Å². The number of rotatable bonds is 9. The first-order valence-electron chi connectivity index (χ1n) is 10.9. The Morgan fingerprint density at radius 1 is 0.886 bits per heavy atom. The molecule has 4 aromatic rings. The maximum Gasteiger partial charge on any atom is 0.266 e. The maximum atomic E-state index is 13.3. The van der Waals surface area contributed by atoms with Crippen LogP contribution in [0.15, 0.2) is 79.0 Å². The summed E-state index contributed by atoms with van der Waals surface area (Å²) in [6, 6.07) is 23.4. The van der Waals surface area contributed by atoms with E-state index in [1.165, 1.54) is 22.4 Å². The number of primary amides is 1. The number of hydrogen-bond donors (Lipinski definition) is 1. The molecule has 1 aromatic heterocycles. The van der Waals surface area contributed by atoms with Gasteiger partial charge in [0.2, 0.25) is 5.91 Å². The van der Waals surface area contributed by atoms with Gasteiger partial charge in [-0.05, 0) is 34.9 Å². The number of nitrogens with two attached hydrogens (primary N) is 1. The minimum Gasteiger partial charge on any atom is -0.493 e. The van der Waals surface area contributed by atoms with E-state index in [9.17, 15) is 9.59 Å². The van der Waals surface area contributed by atoms with Crippen LogP contribution in [0.4, 0.5) is 0 Å². The van der Waals surface area contributed by atoms with E-state index in [0.29, 0.717) is 21.4 Å². The topological polar surface area (TPSA) is 94.8 Å². The summed E-state index contributed by atoms with van der Waals surface area (Å²) in [6.45, 7) is 0.0588. The Hall–Kier alpha value is -4.17. The van der Waals surface area contributed by atoms with Gasteiger partial charge in [-0.2, -0.15) is 0 Å². The smallest absolute Gasteiger partial charge is 0.266 e. The van der Waals surface area contributed by atoms with E-state index in [2.05, 4.69) is 4.98 Å². The summed E-state index contributed by atoms with van der Waals surface area (Å²) in [5.74, 6) is 0.293. The molecule has 0 aliphatic carbocycles. The largest absolute Gasteiger partial charge is 0.493 e. The van der Waals surface area contributed by atoms with Gasteiger partial charge < -0.3 is 20.1 Å². The van der Waals surface area contributed by atoms with Crippen molar-refractivity contribution in [2.75, 3.05) is 20.8 Å². The van der Waals surface area contributed by atoms with Crippen LogP contribution < -0.4 is 15.2 Å². The highest BCUT2D eigenvalue weighted by Gasteiger charge is 2.21. The number of ether oxygens (including phenoxy) is 2. The molecule has 0 fully saturated rings. The lowest BCUT2D eigenvalue weighted by Gasteiger charge is -2.20. The fourth-order valence-electron chi connectivity index (χ4n) is 3.67. The molecule has 4 rings (SSSR count). The predicted molar refractivity (Wildman–Crippen MR) is 136 cm³/mol. The molecule has 7 nitrogen and oxygen atoms in total. The highest BCUT2D eigenvalue weighted by atomic mass is 32.1. The van der Waals surface area contributed by atoms with Gasteiger partial charge in [-0.25, -0.2) is 4.98 Å². The Morgan fingerprint density at radius 2 is 1.54 bits per heavy atom. The van der Waals surface area contributed by atoms with Crippen molar-refractivity contribution in [1.82, 2.24) is 9.88 Å². The number of amides is 2. The van der Waals surface area contributed by atoms with Crippen molar-refractivity contribution in [3.05, 3.63) is 89.4 Å². The number of carbonyl (C=O) groups is 2. The monoisotopic (exact) mass is 487 g/mol. The van der Waals surface area contributed by atoms with Crippen LogP contribution in [0.3, 0.4) is 0 Å². The molecule has 3 aromatic carbocycles. The lowest BCUT2D eigenvalue weighted by Crippen LogP contribution is -2.37. The Balaban J connectivity index is 1.54. The standard InChI is InChI=1S/C27H25N3O4S/c1-33-22-13-12-21(14-23(22)34-2)26-29-15-24(35-26)27(32)30(17-25(28)31)16-18-8-10-20(11-9-18)19-6-4-3-5-7-19/h3-15H,16-17H2,1-2H3,(H2,28,31). The van der Waals surface area contributed by atoms with Gasteiger partial charge >= 0.3 is 0 Å². The molecule has 2 amide bonds. The number of carbonyl (C=O) groups excluding carboxylic acids is 2. The zero-order valence-corrected chi connectivity index (χ0v) is 20.2. The van der Waals surface area contributed by atoms with E-state index >= 15 is 0 Å². The van der Waals surface area contributed by atoms with Crippen LogP contribution in [-0.4, -0.2) is 42.5 Å². The van der Waals surface area contributed by atoms with Crippen molar-refractivity contribution >= 4 is 23.2 Å². The first-order valence-corrected chi connectivity index (χ1v) is 11.7. The van der Waals surface area contributed by atoms with Crippen LogP contribution in [-0.2, 0) is 11.3 Å². The molecule has 0 unspecified atom stereocenters.